The molecular weight excluding hydrogens is 235 g/mol. The lowest BCUT2D eigenvalue weighted by Crippen LogP contribution is -2.26. The summed E-state index contributed by atoms with van der Waals surface area (Å²) in [5, 5.41) is 9.13. The molecule has 0 fully saturated rings. The van der Waals surface area contributed by atoms with Crippen LogP contribution in [0.4, 0.5) is 15.8 Å². The minimum absolute atomic E-state index is 0.237. The Morgan fingerprint density at radius 2 is 1.94 bits per heavy atom. The zero-order valence-electron chi connectivity index (χ0n) is 9.90. The summed E-state index contributed by atoms with van der Waals surface area (Å²) in [6, 6.07) is 2.54. The van der Waals surface area contributed by atoms with Crippen molar-refractivity contribution in [3.8, 4) is 0 Å². The quantitative estimate of drug-likeness (QED) is 0.600. The van der Waals surface area contributed by atoms with E-state index in [-0.39, 0.29) is 11.3 Å². The van der Waals surface area contributed by atoms with Gasteiger partial charge in [-0.25, -0.2) is 9.18 Å². The minimum atomic E-state index is -1.26. The number of carboxylic acids is 1. The van der Waals surface area contributed by atoms with E-state index in [9.17, 15) is 9.18 Å². The third-order valence-electron chi connectivity index (χ3n) is 2.42. The Labute approximate surface area is 105 Å². The largest absolute Gasteiger partial charge is 0.478 e. The first-order valence-electron chi connectivity index (χ1n) is 5.31. The molecule has 96 valence electrons. The maximum absolute atomic E-state index is 13.3. The second kappa shape index (κ2) is 5.86. The summed E-state index contributed by atoms with van der Waals surface area (Å²) in [6.07, 6.45) is 3.24. The average molecular weight is 250 g/mol. The van der Waals surface area contributed by atoms with Crippen molar-refractivity contribution in [3.05, 3.63) is 48.8 Å². The zero-order valence-corrected chi connectivity index (χ0v) is 9.90. The number of aromatic carboxylic acids is 1. The van der Waals surface area contributed by atoms with Gasteiger partial charge in [0.05, 0.1) is 11.4 Å². The fourth-order valence-electron chi connectivity index (χ4n) is 1.65. The highest BCUT2D eigenvalue weighted by atomic mass is 19.1. The summed E-state index contributed by atoms with van der Waals surface area (Å²) < 4.78 is 13.3. The van der Waals surface area contributed by atoms with Gasteiger partial charge in [0.25, 0.3) is 0 Å². The highest BCUT2D eigenvalue weighted by molar-refractivity contribution is 6.00. The van der Waals surface area contributed by atoms with E-state index in [1.807, 2.05) is 0 Å². The maximum atomic E-state index is 13.3. The fraction of sp³-hybridized carbons (Fsp3) is 0.154. The number of carboxylic acid groups (broad SMARTS) is 1. The normalized spacial score (nSPS) is 9.83. The molecule has 0 aliphatic rings. The molecule has 1 aromatic carbocycles. The predicted molar refractivity (Wildman–Crippen MR) is 70.4 cm³/mol. The van der Waals surface area contributed by atoms with Crippen molar-refractivity contribution in [1.82, 2.24) is 0 Å². The van der Waals surface area contributed by atoms with E-state index in [0.717, 1.165) is 6.07 Å². The Morgan fingerprint density at radius 3 is 2.39 bits per heavy atom. The third-order valence-corrected chi connectivity index (χ3v) is 2.42. The van der Waals surface area contributed by atoms with Gasteiger partial charge in [0.1, 0.15) is 11.4 Å². The van der Waals surface area contributed by atoms with Gasteiger partial charge in [0, 0.05) is 13.1 Å². The van der Waals surface area contributed by atoms with Gasteiger partial charge in [-0.1, -0.05) is 12.2 Å². The van der Waals surface area contributed by atoms with E-state index in [1.54, 1.807) is 17.1 Å². The molecule has 0 aromatic heterocycles. The van der Waals surface area contributed by atoms with E-state index >= 15 is 0 Å². The SMILES string of the molecule is C=CCN(CC=C)c1ccc(F)c(N)c1C(=O)O. The van der Waals surface area contributed by atoms with Crippen molar-refractivity contribution in [2.24, 2.45) is 0 Å². The Hall–Kier alpha value is -2.30. The number of rotatable bonds is 6. The molecule has 0 amide bonds. The van der Waals surface area contributed by atoms with E-state index in [1.165, 1.54) is 6.07 Å². The first-order valence-corrected chi connectivity index (χ1v) is 5.31. The third kappa shape index (κ3) is 2.68. The second-order valence-electron chi connectivity index (χ2n) is 3.64. The molecule has 0 aliphatic heterocycles. The molecular formula is C13H15FN2O2. The fourth-order valence-corrected chi connectivity index (χ4v) is 1.65. The minimum Gasteiger partial charge on any atom is -0.478 e. The highest BCUT2D eigenvalue weighted by Crippen LogP contribution is 2.28. The number of nitrogen functional groups attached to an aromatic ring is 1. The Bertz CT molecular complexity index is 476. The Morgan fingerprint density at radius 1 is 1.39 bits per heavy atom. The lowest BCUT2D eigenvalue weighted by Gasteiger charge is -2.24. The standard InChI is InChI=1S/C13H15FN2O2/c1-3-7-16(8-4-2)10-6-5-9(14)12(15)11(10)13(17)18/h3-6H,1-2,7-8,15H2,(H,17,18). The van der Waals surface area contributed by atoms with Gasteiger partial charge in [-0.3, -0.25) is 0 Å². The van der Waals surface area contributed by atoms with E-state index in [2.05, 4.69) is 13.2 Å². The van der Waals surface area contributed by atoms with Crippen molar-refractivity contribution in [2.45, 2.75) is 0 Å². The summed E-state index contributed by atoms with van der Waals surface area (Å²) in [4.78, 5) is 12.9. The molecule has 4 nitrogen and oxygen atoms in total. The van der Waals surface area contributed by atoms with Crippen molar-refractivity contribution < 1.29 is 14.3 Å². The maximum Gasteiger partial charge on any atom is 0.340 e. The van der Waals surface area contributed by atoms with Crippen LogP contribution in [0.2, 0.25) is 0 Å². The van der Waals surface area contributed by atoms with Crippen LogP contribution >= 0.6 is 0 Å². The topological polar surface area (TPSA) is 66.6 Å². The second-order valence-corrected chi connectivity index (χ2v) is 3.64. The molecule has 0 saturated heterocycles. The Balaban J connectivity index is 3.37. The Kier molecular flexibility index (Phi) is 4.48. The zero-order chi connectivity index (χ0) is 13.7. The average Bonchev–Trinajstić information content (AvgIpc) is 2.31. The van der Waals surface area contributed by atoms with Crippen molar-refractivity contribution in [1.29, 1.82) is 0 Å². The summed E-state index contributed by atoms with van der Waals surface area (Å²) in [7, 11) is 0. The van der Waals surface area contributed by atoms with Crippen molar-refractivity contribution in [2.75, 3.05) is 23.7 Å². The molecule has 0 unspecified atom stereocenters. The van der Waals surface area contributed by atoms with E-state index in [4.69, 9.17) is 10.8 Å². The van der Waals surface area contributed by atoms with Crippen LogP contribution in [0.3, 0.4) is 0 Å². The lowest BCUT2D eigenvalue weighted by atomic mass is 10.1. The molecule has 0 saturated carbocycles. The number of benzene rings is 1. The summed E-state index contributed by atoms with van der Waals surface area (Å²) in [5.41, 5.74) is 5.23. The predicted octanol–water partition coefficient (Wildman–Crippen LogP) is 2.28. The molecule has 0 heterocycles. The molecule has 0 radical (unpaired) electrons. The molecule has 3 N–H and O–H groups in total. The molecule has 1 rings (SSSR count). The van der Waals surface area contributed by atoms with Gasteiger partial charge in [0.15, 0.2) is 0 Å². The van der Waals surface area contributed by atoms with Crippen LogP contribution in [-0.2, 0) is 0 Å². The highest BCUT2D eigenvalue weighted by Gasteiger charge is 2.20. The first kappa shape index (κ1) is 13.8. The van der Waals surface area contributed by atoms with Gasteiger partial charge in [-0.15, -0.1) is 13.2 Å². The van der Waals surface area contributed by atoms with Crippen LogP contribution < -0.4 is 10.6 Å². The van der Waals surface area contributed by atoms with Crippen LogP contribution in [0.5, 0.6) is 0 Å². The summed E-state index contributed by atoms with van der Waals surface area (Å²) >= 11 is 0. The van der Waals surface area contributed by atoms with Crippen LogP contribution in [0.1, 0.15) is 10.4 Å². The number of hydrogen-bond acceptors (Lipinski definition) is 3. The molecule has 1 aromatic rings. The molecule has 0 spiro atoms. The van der Waals surface area contributed by atoms with Crippen LogP contribution in [-0.4, -0.2) is 24.2 Å². The van der Waals surface area contributed by atoms with Gasteiger partial charge in [0.2, 0.25) is 0 Å². The van der Waals surface area contributed by atoms with Crippen molar-refractivity contribution >= 4 is 17.3 Å². The molecule has 0 atom stereocenters. The van der Waals surface area contributed by atoms with Crippen LogP contribution in [0, 0.1) is 5.82 Å². The number of nitrogens with two attached hydrogens (primary N) is 1. The first-order chi connectivity index (χ1) is 8.52. The van der Waals surface area contributed by atoms with Gasteiger partial charge >= 0.3 is 5.97 Å². The number of carbonyl (C=O) groups is 1. The van der Waals surface area contributed by atoms with E-state index in [0.29, 0.717) is 18.8 Å². The molecule has 0 bridgehead atoms. The molecule has 18 heavy (non-hydrogen) atoms. The molecule has 5 heteroatoms. The lowest BCUT2D eigenvalue weighted by molar-refractivity contribution is 0.0698. The molecule has 0 aliphatic carbocycles. The number of anilines is 2. The van der Waals surface area contributed by atoms with Gasteiger partial charge in [-0.2, -0.15) is 0 Å². The number of halogens is 1. The van der Waals surface area contributed by atoms with Crippen molar-refractivity contribution in [3.63, 3.8) is 0 Å². The van der Waals surface area contributed by atoms with Crippen LogP contribution in [0.25, 0.3) is 0 Å². The summed E-state index contributed by atoms with van der Waals surface area (Å²) in [6.45, 7) is 8.02. The summed E-state index contributed by atoms with van der Waals surface area (Å²) in [5.74, 6) is -2.01. The van der Waals surface area contributed by atoms with Gasteiger partial charge < -0.3 is 15.7 Å². The number of hydrogen-bond donors (Lipinski definition) is 2. The smallest absolute Gasteiger partial charge is 0.340 e. The van der Waals surface area contributed by atoms with Crippen LogP contribution in [0.15, 0.2) is 37.4 Å². The number of nitrogens with zero attached hydrogens (tertiary/aromatic N) is 1. The monoisotopic (exact) mass is 250 g/mol. The van der Waals surface area contributed by atoms with Gasteiger partial charge in [-0.05, 0) is 12.1 Å². The van der Waals surface area contributed by atoms with E-state index < -0.39 is 11.8 Å².